The van der Waals surface area contributed by atoms with Crippen LogP contribution in [0.15, 0.2) is 48.5 Å². The lowest BCUT2D eigenvalue weighted by atomic mass is 10.0. The second kappa shape index (κ2) is 9.73. The zero-order valence-electron chi connectivity index (χ0n) is 18.6. The smallest absolute Gasteiger partial charge is 0.243 e. The molecule has 0 heterocycles. The number of nitrogens with zero attached hydrogens (tertiary/aromatic N) is 1. The number of hydrogen-bond donors (Lipinski definition) is 1. The first-order valence-corrected chi connectivity index (χ1v) is 10.3. The minimum atomic E-state index is -0.508. The van der Waals surface area contributed by atoms with Crippen molar-refractivity contribution in [2.75, 3.05) is 0 Å². The van der Waals surface area contributed by atoms with E-state index in [4.69, 9.17) is 0 Å². The Morgan fingerprint density at radius 2 is 1.62 bits per heavy atom. The van der Waals surface area contributed by atoms with Crippen molar-refractivity contribution in [2.45, 2.75) is 72.5 Å². The van der Waals surface area contributed by atoms with Gasteiger partial charge in [0, 0.05) is 12.1 Å². The molecule has 0 aliphatic heterocycles. The zero-order valence-corrected chi connectivity index (χ0v) is 18.6. The van der Waals surface area contributed by atoms with Crippen LogP contribution >= 0.6 is 0 Å². The third-order valence-corrected chi connectivity index (χ3v) is 4.96. The van der Waals surface area contributed by atoms with E-state index >= 15 is 0 Å². The molecule has 0 radical (unpaired) electrons. The Hall–Kier alpha value is -2.62. The number of benzene rings is 2. The highest BCUT2D eigenvalue weighted by molar-refractivity contribution is 5.88. The Bertz CT molecular complexity index is 835. The van der Waals surface area contributed by atoms with Crippen molar-refractivity contribution in [3.8, 4) is 0 Å². The third-order valence-electron chi connectivity index (χ3n) is 4.96. The molecule has 0 bridgehead atoms. The molecule has 0 saturated carbocycles. The molecule has 0 fully saturated rings. The predicted molar refractivity (Wildman–Crippen MR) is 119 cm³/mol. The fourth-order valence-electron chi connectivity index (χ4n) is 3.33. The molecular weight excluding hydrogens is 360 g/mol. The van der Waals surface area contributed by atoms with Crippen LogP contribution in [0.2, 0.25) is 0 Å². The van der Waals surface area contributed by atoms with Crippen molar-refractivity contribution in [1.82, 2.24) is 10.2 Å². The molecule has 4 heteroatoms. The van der Waals surface area contributed by atoms with E-state index in [1.54, 1.807) is 4.90 Å². The van der Waals surface area contributed by atoms with Gasteiger partial charge < -0.3 is 10.2 Å². The first-order valence-electron chi connectivity index (χ1n) is 10.3. The van der Waals surface area contributed by atoms with Gasteiger partial charge in [-0.05, 0) is 57.7 Å². The van der Waals surface area contributed by atoms with Crippen LogP contribution in [0.1, 0.15) is 56.4 Å². The molecule has 0 unspecified atom stereocenters. The van der Waals surface area contributed by atoms with E-state index < -0.39 is 6.04 Å². The number of nitrogens with one attached hydrogen (secondary N) is 1. The van der Waals surface area contributed by atoms with Gasteiger partial charge in [0.2, 0.25) is 11.8 Å². The van der Waals surface area contributed by atoms with Gasteiger partial charge in [-0.1, -0.05) is 61.0 Å². The van der Waals surface area contributed by atoms with Gasteiger partial charge in [-0.15, -0.1) is 0 Å². The maximum Gasteiger partial charge on any atom is 0.243 e. The van der Waals surface area contributed by atoms with Gasteiger partial charge in [0.15, 0.2) is 0 Å². The minimum Gasteiger partial charge on any atom is -0.350 e. The van der Waals surface area contributed by atoms with Gasteiger partial charge in [0.25, 0.3) is 0 Å². The van der Waals surface area contributed by atoms with E-state index in [0.29, 0.717) is 13.0 Å². The average Bonchev–Trinajstić information content (AvgIpc) is 2.63. The summed E-state index contributed by atoms with van der Waals surface area (Å²) in [5, 5.41) is 3.04. The average molecular weight is 395 g/mol. The summed E-state index contributed by atoms with van der Waals surface area (Å²) in [7, 11) is 0. The van der Waals surface area contributed by atoms with Crippen molar-refractivity contribution < 1.29 is 9.59 Å². The zero-order chi connectivity index (χ0) is 21.6. The van der Waals surface area contributed by atoms with Gasteiger partial charge in [-0.2, -0.15) is 0 Å². The molecule has 0 saturated heterocycles. The molecule has 1 N–H and O–H groups in total. The quantitative estimate of drug-likeness (QED) is 0.748. The number of carbonyl (C=O) groups is 2. The molecule has 0 aromatic heterocycles. The molecule has 2 rings (SSSR count). The summed E-state index contributed by atoms with van der Waals surface area (Å²) >= 11 is 0. The van der Waals surface area contributed by atoms with Crippen LogP contribution in [0.3, 0.4) is 0 Å². The highest BCUT2D eigenvalue weighted by Crippen LogP contribution is 2.18. The summed E-state index contributed by atoms with van der Waals surface area (Å²) < 4.78 is 0. The van der Waals surface area contributed by atoms with Crippen molar-refractivity contribution in [3.63, 3.8) is 0 Å². The summed E-state index contributed by atoms with van der Waals surface area (Å²) in [5.41, 5.74) is 3.95. The molecule has 29 heavy (non-hydrogen) atoms. The minimum absolute atomic E-state index is 0.0342. The highest BCUT2D eigenvalue weighted by atomic mass is 16.2. The molecule has 2 aromatic carbocycles. The van der Waals surface area contributed by atoms with Crippen LogP contribution in [-0.2, 0) is 22.6 Å². The SMILES string of the molecule is CC[C@@H](C(=O)NC(C)(C)C)N(Cc1ccccc1C)C(=O)Cc1ccc(C)cc1. The maximum absolute atomic E-state index is 13.3. The van der Waals surface area contributed by atoms with E-state index in [2.05, 4.69) is 5.32 Å². The molecule has 2 aromatic rings. The lowest BCUT2D eigenvalue weighted by molar-refractivity contribution is -0.141. The fraction of sp³-hybridized carbons (Fsp3) is 0.440. The first kappa shape index (κ1) is 22.7. The van der Waals surface area contributed by atoms with Crippen molar-refractivity contribution in [3.05, 3.63) is 70.8 Å². The Labute approximate surface area is 175 Å². The maximum atomic E-state index is 13.3. The first-order chi connectivity index (χ1) is 13.6. The molecular formula is C25H34N2O2. The van der Waals surface area contributed by atoms with Crippen LogP contribution in [0.4, 0.5) is 0 Å². The monoisotopic (exact) mass is 394 g/mol. The second-order valence-electron chi connectivity index (χ2n) is 8.77. The normalized spacial score (nSPS) is 12.3. The summed E-state index contributed by atoms with van der Waals surface area (Å²) in [4.78, 5) is 28.1. The fourth-order valence-corrected chi connectivity index (χ4v) is 3.33. The topological polar surface area (TPSA) is 49.4 Å². The van der Waals surface area contributed by atoms with E-state index in [1.165, 1.54) is 0 Å². The molecule has 2 amide bonds. The van der Waals surface area contributed by atoms with Gasteiger partial charge in [0.1, 0.15) is 6.04 Å². The predicted octanol–water partition coefficient (Wildman–Crippen LogP) is 4.57. The van der Waals surface area contributed by atoms with Gasteiger partial charge in [0.05, 0.1) is 6.42 Å². The second-order valence-corrected chi connectivity index (χ2v) is 8.77. The standard InChI is InChI=1S/C25H34N2O2/c1-7-22(24(29)26-25(4,5)6)27(17-21-11-9-8-10-19(21)3)23(28)16-20-14-12-18(2)13-15-20/h8-15,22H,7,16-17H2,1-6H3,(H,26,29)/t22-/m0/s1. The lowest BCUT2D eigenvalue weighted by Crippen LogP contribution is -2.53. The van der Waals surface area contributed by atoms with Crippen LogP contribution in [0.5, 0.6) is 0 Å². The summed E-state index contributed by atoms with van der Waals surface area (Å²) in [6.07, 6.45) is 0.846. The van der Waals surface area contributed by atoms with Crippen molar-refractivity contribution >= 4 is 11.8 Å². The van der Waals surface area contributed by atoms with E-state index in [1.807, 2.05) is 90.1 Å². The third kappa shape index (κ3) is 6.74. The Kier molecular flexibility index (Phi) is 7.60. The molecule has 4 nitrogen and oxygen atoms in total. The van der Waals surface area contributed by atoms with Crippen LogP contribution in [-0.4, -0.2) is 28.3 Å². The Morgan fingerprint density at radius 1 is 1.00 bits per heavy atom. The largest absolute Gasteiger partial charge is 0.350 e. The number of hydrogen-bond acceptors (Lipinski definition) is 2. The number of carbonyl (C=O) groups excluding carboxylic acids is 2. The molecule has 0 aliphatic rings. The van der Waals surface area contributed by atoms with E-state index in [0.717, 1.165) is 22.3 Å². The van der Waals surface area contributed by atoms with E-state index in [9.17, 15) is 9.59 Å². The molecule has 0 aliphatic carbocycles. The summed E-state index contributed by atoms with van der Waals surface area (Å²) in [5.74, 6) is -0.140. The molecule has 1 atom stereocenters. The number of aryl methyl sites for hydroxylation is 2. The van der Waals surface area contributed by atoms with Crippen LogP contribution in [0, 0.1) is 13.8 Å². The summed E-state index contributed by atoms with van der Waals surface area (Å²) in [6, 6.07) is 15.5. The van der Waals surface area contributed by atoms with Crippen molar-refractivity contribution in [2.24, 2.45) is 0 Å². The van der Waals surface area contributed by atoms with Gasteiger partial charge in [-0.25, -0.2) is 0 Å². The molecule has 156 valence electrons. The highest BCUT2D eigenvalue weighted by Gasteiger charge is 2.30. The van der Waals surface area contributed by atoms with Gasteiger partial charge >= 0.3 is 0 Å². The van der Waals surface area contributed by atoms with Crippen molar-refractivity contribution in [1.29, 1.82) is 0 Å². The van der Waals surface area contributed by atoms with Gasteiger partial charge in [-0.3, -0.25) is 9.59 Å². The summed E-state index contributed by atoms with van der Waals surface area (Å²) in [6.45, 7) is 12.3. The Balaban J connectivity index is 2.32. The Morgan fingerprint density at radius 3 is 2.17 bits per heavy atom. The number of rotatable bonds is 7. The van der Waals surface area contributed by atoms with E-state index in [-0.39, 0.29) is 23.8 Å². The van der Waals surface area contributed by atoms with Crippen LogP contribution in [0.25, 0.3) is 0 Å². The molecule has 0 spiro atoms. The number of amides is 2. The van der Waals surface area contributed by atoms with Crippen LogP contribution < -0.4 is 5.32 Å². The lowest BCUT2D eigenvalue weighted by Gasteiger charge is -2.33.